The molecule has 0 rings (SSSR count). The zero-order valence-corrected chi connectivity index (χ0v) is 22.1. The molecule has 0 radical (unpaired) electrons. The molecule has 31 heavy (non-hydrogen) atoms. The van der Waals surface area contributed by atoms with Crippen LogP contribution in [0.1, 0.15) is 150 Å². The highest BCUT2D eigenvalue weighted by Crippen LogP contribution is 2.14. The van der Waals surface area contributed by atoms with Crippen molar-refractivity contribution in [2.24, 2.45) is 11.8 Å². The van der Waals surface area contributed by atoms with Gasteiger partial charge in [-0.3, -0.25) is 4.79 Å². The van der Waals surface area contributed by atoms with Gasteiger partial charge in [-0.15, -0.1) is 0 Å². The summed E-state index contributed by atoms with van der Waals surface area (Å²) in [5, 5.41) is 7.42. The number of rotatable bonds is 22. The van der Waals surface area contributed by atoms with Gasteiger partial charge < -0.3 is 9.84 Å². The monoisotopic (exact) mass is 442 g/mol. The molecule has 0 aromatic rings. The number of hydrogen-bond acceptors (Lipinski definition) is 2. The fraction of sp³-hybridized carbons (Fsp3) is 0.964. The molecule has 0 unspecified atom stereocenters. The third-order valence-corrected chi connectivity index (χ3v) is 5.64. The first kappa shape index (κ1) is 32.6. The van der Waals surface area contributed by atoms with E-state index in [0.717, 1.165) is 32.0 Å². The van der Waals surface area contributed by atoms with Crippen LogP contribution in [0.25, 0.3) is 0 Å². The van der Waals surface area contributed by atoms with Crippen molar-refractivity contribution in [2.45, 2.75) is 150 Å². The molecule has 0 saturated heterocycles. The van der Waals surface area contributed by atoms with Gasteiger partial charge in [-0.1, -0.05) is 130 Å². The SMILES string of the molecule is CC(=O)O.CC(C)CCCCCCCCCCOCCCCCCCCCCC(C)C. The number of unbranched alkanes of at least 4 members (excludes halogenated alkanes) is 14. The number of carboxylic acids is 1. The maximum atomic E-state index is 9.00. The topological polar surface area (TPSA) is 46.5 Å². The predicted molar refractivity (Wildman–Crippen MR) is 137 cm³/mol. The van der Waals surface area contributed by atoms with Crippen molar-refractivity contribution in [3.05, 3.63) is 0 Å². The van der Waals surface area contributed by atoms with Crippen molar-refractivity contribution in [3.8, 4) is 0 Å². The Morgan fingerprint density at radius 2 is 0.774 bits per heavy atom. The van der Waals surface area contributed by atoms with E-state index < -0.39 is 5.97 Å². The van der Waals surface area contributed by atoms with E-state index in [4.69, 9.17) is 14.6 Å². The van der Waals surface area contributed by atoms with E-state index in [1.165, 1.54) is 116 Å². The van der Waals surface area contributed by atoms with Crippen molar-refractivity contribution in [2.75, 3.05) is 13.2 Å². The predicted octanol–water partition coefficient (Wildman–Crippen LogP) is 9.43. The fourth-order valence-electron chi connectivity index (χ4n) is 3.74. The van der Waals surface area contributed by atoms with Gasteiger partial charge in [0, 0.05) is 20.1 Å². The molecule has 1 N–H and O–H groups in total. The van der Waals surface area contributed by atoms with Gasteiger partial charge in [0.15, 0.2) is 0 Å². The van der Waals surface area contributed by atoms with Crippen LogP contribution in [-0.4, -0.2) is 24.3 Å². The van der Waals surface area contributed by atoms with Gasteiger partial charge in [-0.2, -0.15) is 0 Å². The van der Waals surface area contributed by atoms with Crippen molar-refractivity contribution in [1.29, 1.82) is 0 Å². The Kier molecular flexibility index (Phi) is 28.9. The molecule has 0 aliphatic heterocycles. The van der Waals surface area contributed by atoms with E-state index in [0.29, 0.717) is 0 Å². The second-order valence-electron chi connectivity index (χ2n) is 10.2. The summed E-state index contributed by atoms with van der Waals surface area (Å²) in [5.41, 5.74) is 0. The van der Waals surface area contributed by atoms with Crippen LogP contribution in [0.2, 0.25) is 0 Å². The molecular formula is C28H58O3. The fourth-order valence-corrected chi connectivity index (χ4v) is 3.74. The molecule has 0 bridgehead atoms. The lowest BCUT2D eigenvalue weighted by atomic mass is 10.0. The highest BCUT2D eigenvalue weighted by molar-refractivity contribution is 5.62. The van der Waals surface area contributed by atoms with Crippen LogP contribution in [0.3, 0.4) is 0 Å². The van der Waals surface area contributed by atoms with Gasteiger partial charge in [0.25, 0.3) is 5.97 Å². The summed E-state index contributed by atoms with van der Waals surface area (Å²) in [7, 11) is 0. The quantitative estimate of drug-likeness (QED) is 0.170. The van der Waals surface area contributed by atoms with Gasteiger partial charge in [0.1, 0.15) is 0 Å². The average Bonchev–Trinajstić information content (AvgIpc) is 2.68. The van der Waals surface area contributed by atoms with E-state index in [1.807, 2.05) is 0 Å². The van der Waals surface area contributed by atoms with Gasteiger partial charge in [0.2, 0.25) is 0 Å². The third kappa shape index (κ3) is 40.3. The summed E-state index contributed by atoms with van der Waals surface area (Å²) < 4.78 is 5.80. The Morgan fingerprint density at radius 1 is 0.548 bits per heavy atom. The molecule has 188 valence electrons. The molecule has 0 amide bonds. The van der Waals surface area contributed by atoms with Crippen LogP contribution in [0.5, 0.6) is 0 Å². The maximum Gasteiger partial charge on any atom is 0.300 e. The number of aliphatic carboxylic acids is 1. The van der Waals surface area contributed by atoms with Crippen LogP contribution in [0, 0.1) is 11.8 Å². The van der Waals surface area contributed by atoms with Crippen molar-refractivity contribution >= 4 is 5.97 Å². The summed E-state index contributed by atoms with van der Waals surface area (Å²) >= 11 is 0. The Hall–Kier alpha value is -0.570. The number of ether oxygens (including phenoxy) is 1. The maximum absolute atomic E-state index is 9.00. The molecule has 0 heterocycles. The molecule has 0 fully saturated rings. The molecule has 0 saturated carbocycles. The lowest BCUT2D eigenvalue weighted by Crippen LogP contribution is -1.97. The minimum Gasteiger partial charge on any atom is -0.481 e. The first-order chi connectivity index (χ1) is 14.9. The van der Waals surface area contributed by atoms with Crippen LogP contribution < -0.4 is 0 Å². The third-order valence-electron chi connectivity index (χ3n) is 5.64. The zero-order valence-electron chi connectivity index (χ0n) is 22.1. The Labute approximate surface area is 196 Å². The molecule has 0 aromatic carbocycles. The lowest BCUT2D eigenvalue weighted by molar-refractivity contribution is -0.134. The highest BCUT2D eigenvalue weighted by Gasteiger charge is 1.97. The van der Waals surface area contributed by atoms with Crippen molar-refractivity contribution in [1.82, 2.24) is 0 Å². The Bertz CT molecular complexity index is 309. The van der Waals surface area contributed by atoms with E-state index >= 15 is 0 Å². The summed E-state index contributed by atoms with van der Waals surface area (Å²) in [6.07, 6.45) is 25.3. The number of hydrogen-bond donors (Lipinski definition) is 1. The van der Waals surface area contributed by atoms with Gasteiger partial charge in [0.05, 0.1) is 0 Å². The Morgan fingerprint density at radius 3 is 1.03 bits per heavy atom. The van der Waals surface area contributed by atoms with Crippen molar-refractivity contribution in [3.63, 3.8) is 0 Å². The molecule has 0 spiro atoms. The minimum absolute atomic E-state index is 0.833. The summed E-state index contributed by atoms with van der Waals surface area (Å²) in [6.45, 7) is 12.4. The van der Waals surface area contributed by atoms with E-state index in [2.05, 4.69) is 27.7 Å². The highest BCUT2D eigenvalue weighted by atomic mass is 16.5. The number of carboxylic acid groups (broad SMARTS) is 1. The normalized spacial score (nSPS) is 11.1. The van der Waals surface area contributed by atoms with Crippen molar-refractivity contribution < 1.29 is 14.6 Å². The van der Waals surface area contributed by atoms with Gasteiger partial charge in [-0.25, -0.2) is 0 Å². The van der Waals surface area contributed by atoms with Crippen LogP contribution in [0.4, 0.5) is 0 Å². The molecule has 0 aromatic heterocycles. The molecule has 0 aliphatic carbocycles. The largest absolute Gasteiger partial charge is 0.481 e. The van der Waals surface area contributed by atoms with Gasteiger partial charge >= 0.3 is 0 Å². The zero-order chi connectivity index (χ0) is 23.6. The second-order valence-corrected chi connectivity index (χ2v) is 10.2. The lowest BCUT2D eigenvalue weighted by Gasteiger charge is -2.06. The van der Waals surface area contributed by atoms with E-state index in [9.17, 15) is 0 Å². The molecule has 3 heteroatoms. The van der Waals surface area contributed by atoms with Crippen LogP contribution >= 0.6 is 0 Å². The first-order valence-corrected chi connectivity index (χ1v) is 13.6. The Balaban J connectivity index is 0. The standard InChI is InChI=1S/C26H54O.C2H4O2/c1-25(2)21-17-13-9-5-7-11-15-19-23-27-24-20-16-12-8-6-10-14-18-22-26(3)4;1-2(3)4/h25-26H,5-24H2,1-4H3;1H3,(H,3,4). The second kappa shape index (κ2) is 27.5. The molecular weight excluding hydrogens is 384 g/mol. The summed E-state index contributed by atoms with van der Waals surface area (Å²) in [4.78, 5) is 9.00. The van der Waals surface area contributed by atoms with E-state index in [-0.39, 0.29) is 0 Å². The molecule has 0 aliphatic rings. The van der Waals surface area contributed by atoms with Crippen LogP contribution in [0.15, 0.2) is 0 Å². The first-order valence-electron chi connectivity index (χ1n) is 13.6. The smallest absolute Gasteiger partial charge is 0.300 e. The summed E-state index contributed by atoms with van der Waals surface area (Å²) in [5.74, 6) is 0.934. The van der Waals surface area contributed by atoms with E-state index in [1.54, 1.807) is 0 Å². The number of carbonyl (C=O) groups is 1. The molecule has 0 atom stereocenters. The van der Waals surface area contributed by atoms with Crippen LogP contribution in [-0.2, 0) is 9.53 Å². The van der Waals surface area contributed by atoms with Gasteiger partial charge in [-0.05, 0) is 24.7 Å². The molecule has 3 nitrogen and oxygen atoms in total. The average molecular weight is 443 g/mol. The minimum atomic E-state index is -0.833. The summed E-state index contributed by atoms with van der Waals surface area (Å²) in [6, 6.07) is 0.